The summed E-state index contributed by atoms with van der Waals surface area (Å²) in [5.41, 5.74) is 0. The molecule has 1 aromatic heterocycles. The van der Waals surface area contributed by atoms with Crippen LogP contribution < -0.4 is 0 Å². The lowest BCUT2D eigenvalue weighted by atomic mass is 10.7. The van der Waals surface area contributed by atoms with E-state index in [-0.39, 0.29) is 5.28 Å². The second kappa shape index (κ2) is 2.80. The molecule has 50 valence electrons. The Labute approximate surface area is 57.2 Å². The fourth-order valence-electron chi connectivity index (χ4n) is 0.473. The van der Waals surface area contributed by atoms with E-state index in [4.69, 9.17) is 16.3 Å². The smallest absolute Gasteiger partial charge is 0.242 e. The Hall–Kier alpha value is -0.610. The molecular formula is C4H6ClN3O. The quantitative estimate of drug-likeness (QED) is 0.667. The van der Waals surface area contributed by atoms with Gasteiger partial charge in [-0.25, -0.2) is 0 Å². The van der Waals surface area contributed by atoms with Gasteiger partial charge in [0.1, 0.15) is 6.61 Å². The highest BCUT2D eigenvalue weighted by Crippen LogP contribution is 1.98. The van der Waals surface area contributed by atoms with Gasteiger partial charge in [0.2, 0.25) is 5.28 Å². The second-order valence-electron chi connectivity index (χ2n) is 1.48. The van der Waals surface area contributed by atoms with Crippen molar-refractivity contribution in [2.45, 2.75) is 6.61 Å². The van der Waals surface area contributed by atoms with Crippen molar-refractivity contribution in [2.24, 2.45) is 0 Å². The number of nitrogens with zero attached hydrogens (tertiary/aromatic N) is 2. The molecule has 1 aromatic rings. The minimum atomic E-state index is 0.224. The summed E-state index contributed by atoms with van der Waals surface area (Å²) >= 11 is 5.39. The van der Waals surface area contributed by atoms with Crippen molar-refractivity contribution >= 4 is 11.6 Å². The minimum absolute atomic E-state index is 0.224. The molecule has 4 nitrogen and oxygen atoms in total. The van der Waals surface area contributed by atoms with E-state index in [1.165, 1.54) is 0 Å². The first-order valence-corrected chi connectivity index (χ1v) is 2.76. The zero-order chi connectivity index (χ0) is 6.69. The Morgan fingerprint density at radius 2 is 2.56 bits per heavy atom. The molecule has 0 aliphatic heterocycles. The van der Waals surface area contributed by atoms with Crippen LogP contribution in [0.15, 0.2) is 0 Å². The van der Waals surface area contributed by atoms with Crippen molar-refractivity contribution in [3.63, 3.8) is 0 Å². The summed E-state index contributed by atoms with van der Waals surface area (Å²) in [4.78, 5) is 3.77. The minimum Gasteiger partial charge on any atom is -0.377 e. The molecule has 0 aliphatic carbocycles. The number of nitrogens with one attached hydrogen (secondary N) is 1. The molecular weight excluding hydrogens is 142 g/mol. The topological polar surface area (TPSA) is 50.8 Å². The van der Waals surface area contributed by atoms with Crippen LogP contribution in [0.25, 0.3) is 0 Å². The number of H-pyrrole nitrogens is 1. The molecule has 0 spiro atoms. The number of hydrogen-bond donors (Lipinski definition) is 1. The lowest BCUT2D eigenvalue weighted by Gasteiger charge is -1.87. The number of methoxy groups -OCH3 is 1. The van der Waals surface area contributed by atoms with Crippen LogP contribution in [0.2, 0.25) is 5.28 Å². The van der Waals surface area contributed by atoms with E-state index in [1.807, 2.05) is 0 Å². The predicted octanol–water partition coefficient (Wildman–Crippen LogP) is 0.605. The number of halogens is 1. The third-order valence-corrected chi connectivity index (χ3v) is 0.955. The van der Waals surface area contributed by atoms with Crippen LogP contribution in [0.3, 0.4) is 0 Å². The molecule has 0 atom stereocenters. The molecule has 1 heterocycles. The Bertz CT molecular complexity index is 188. The van der Waals surface area contributed by atoms with Crippen LogP contribution in [-0.4, -0.2) is 22.3 Å². The summed E-state index contributed by atoms with van der Waals surface area (Å²) in [6, 6.07) is 0. The SMILES string of the molecule is COCc1nc(Cl)n[nH]1. The fraction of sp³-hybridized carbons (Fsp3) is 0.500. The normalized spacial score (nSPS) is 10.0. The van der Waals surface area contributed by atoms with Gasteiger partial charge in [0.15, 0.2) is 5.82 Å². The lowest BCUT2D eigenvalue weighted by molar-refractivity contribution is 0.178. The third-order valence-electron chi connectivity index (χ3n) is 0.785. The van der Waals surface area contributed by atoms with E-state index in [0.717, 1.165) is 0 Å². The number of rotatable bonds is 2. The molecule has 0 radical (unpaired) electrons. The summed E-state index contributed by atoms with van der Waals surface area (Å²) < 4.78 is 4.75. The number of aromatic nitrogens is 3. The summed E-state index contributed by atoms with van der Waals surface area (Å²) in [7, 11) is 1.58. The highest BCUT2D eigenvalue weighted by molar-refractivity contribution is 6.28. The van der Waals surface area contributed by atoms with Crippen LogP contribution in [0, 0.1) is 0 Å². The van der Waals surface area contributed by atoms with E-state index in [1.54, 1.807) is 7.11 Å². The van der Waals surface area contributed by atoms with Crippen molar-refractivity contribution in [1.29, 1.82) is 0 Å². The van der Waals surface area contributed by atoms with Crippen LogP contribution in [-0.2, 0) is 11.3 Å². The predicted molar refractivity (Wildman–Crippen MR) is 32.1 cm³/mol. The number of aromatic amines is 1. The van der Waals surface area contributed by atoms with Gasteiger partial charge in [0.05, 0.1) is 0 Å². The first-order valence-electron chi connectivity index (χ1n) is 2.38. The maximum atomic E-state index is 5.39. The van der Waals surface area contributed by atoms with Gasteiger partial charge in [-0.1, -0.05) is 0 Å². The highest BCUT2D eigenvalue weighted by atomic mass is 35.5. The van der Waals surface area contributed by atoms with Gasteiger partial charge >= 0.3 is 0 Å². The van der Waals surface area contributed by atoms with Crippen molar-refractivity contribution < 1.29 is 4.74 Å². The van der Waals surface area contributed by atoms with Crippen LogP contribution in [0.4, 0.5) is 0 Å². The average molecular weight is 148 g/mol. The lowest BCUT2D eigenvalue weighted by Crippen LogP contribution is -1.88. The Kier molecular flexibility index (Phi) is 2.02. The largest absolute Gasteiger partial charge is 0.377 e. The fourth-order valence-corrected chi connectivity index (χ4v) is 0.618. The molecule has 1 rings (SSSR count). The van der Waals surface area contributed by atoms with E-state index < -0.39 is 0 Å². The first-order chi connectivity index (χ1) is 4.33. The third kappa shape index (κ3) is 1.65. The maximum absolute atomic E-state index is 5.39. The van der Waals surface area contributed by atoms with Gasteiger partial charge in [-0.15, -0.1) is 5.10 Å². The van der Waals surface area contributed by atoms with Crippen LogP contribution in [0.1, 0.15) is 5.82 Å². The van der Waals surface area contributed by atoms with E-state index >= 15 is 0 Å². The average Bonchev–Trinajstić information content (AvgIpc) is 2.17. The number of ether oxygens (including phenoxy) is 1. The van der Waals surface area contributed by atoms with Gasteiger partial charge in [-0.2, -0.15) is 4.98 Å². The standard InChI is InChI=1S/C4H6ClN3O/c1-9-2-3-6-4(5)8-7-3/h2H2,1H3,(H,6,7,8). The van der Waals surface area contributed by atoms with E-state index in [0.29, 0.717) is 12.4 Å². The molecule has 0 fully saturated rings. The molecule has 0 aliphatic rings. The molecule has 9 heavy (non-hydrogen) atoms. The monoisotopic (exact) mass is 147 g/mol. The number of hydrogen-bond acceptors (Lipinski definition) is 3. The zero-order valence-corrected chi connectivity index (χ0v) is 5.64. The summed E-state index contributed by atoms with van der Waals surface area (Å²) in [5, 5.41) is 6.40. The maximum Gasteiger partial charge on any atom is 0.242 e. The van der Waals surface area contributed by atoms with Crippen molar-refractivity contribution in [2.75, 3.05) is 7.11 Å². The van der Waals surface area contributed by atoms with Crippen molar-refractivity contribution in [3.05, 3.63) is 11.1 Å². The van der Waals surface area contributed by atoms with Gasteiger partial charge in [0, 0.05) is 7.11 Å². The molecule has 0 unspecified atom stereocenters. The van der Waals surface area contributed by atoms with Gasteiger partial charge in [0.25, 0.3) is 0 Å². The van der Waals surface area contributed by atoms with Crippen LogP contribution in [0.5, 0.6) is 0 Å². The first kappa shape index (κ1) is 6.51. The Morgan fingerprint density at radius 3 is 3.00 bits per heavy atom. The van der Waals surface area contributed by atoms with Crippen LogP contribution >= 0.6 is 11.6 Å². The molecule has 0 amide bonds. The molecule has 0 bridgehead atoms. The molecule has 0 aromatic carbocycles. The van der Waals surface area contributed by atoms with E-state index in [2.05, 4.69) is 15.2 Å². The Morgan fingerprint density at radius 1 is 1.78 bits per heavy atom. The van der Waals surface area contributed by atoms with Gasteiger partial charge in [-0.3, -0.25) is 5.10 Å². The molecule has 0 saturated heterocycles. The van der Waals surface area contributed by atoms with Gasteiger partial charge in [-0.05, 0) is 11.6 Å². The summed E-state index contributed by atoms with van der Waals surface area (Å²) in [6.45, 7) is 0.416. The molecule has 5 heteroatoms. The molecule has 1 N–H and O–H groups in total. The second-order valence-corrected chi connectivity index (χ2v) is 1.82. The zero-order valence-electron chi connectivity index (χ0n) is 4.89. The van der Waals surface area contributed by atoms with Gasteiger partial charge < -0.3 is 4.74 Å². The van der Waals surface area contributed by atoms with Crippen molar-refractivity contribution in [1.82, 2.24) is 15.2 Å². The molecule has 0 saturated carbocycles. The highest BCUT2D eigenvalue weighted by Gasteiger charge is 1.96. The van der Waals surface area contributed by atoms with Crippen molar-refractivity contribution in [3.8, 4) is 0 Å². The summed E-state index contributed by atoms with van der Waals surface area (Å²) in [6.07, 6.45) is 0. The Balaban J connectivity index is 2.61. The summed E-state index contributed by atoms with van der Waals surface area (Å²) in [5.74, 6) is 0.641. The van der Waals surface area contributed by atoms with E-state index in [9.17, 15) is 0 Å².